The van der Waals surface area contributed by atoms with Gasteiger partial charge in [0.25, 0.3) is 5.91 Å². The van der Waals surface area contributed by atoms with E-state index in [1.807, 2.05) is 27.7 Å². The zero-order valence-electron chi connectivity index (χ0n) is 23.0. The fraction of sp³-hybridized carbons (Fsp3) is 0.310. The number of hydrogen-bond donors (Lipinski definition) is 3. The zero-order chi connectivity index (χ0) is 29.2. The van der Waals surface area contributed by atoms with Crippen LogP contribution in [-0.4, -0.2) is 63.7 Å². The maximum absolute atomic E-state index is 13.4. The van der Waals surface area contributed by atoms with E-state index < -0.39 is 11.9 Å². The first-order chi connectivity index (χ1) is 18.9. The second-order valence-electron chi connectivity index (χ2n) is 10.2. The zero-order valence-corrected chi connectivity index (χ0v) is 23.0. The van der Waals surface area contributed by atoms with E-state index in [4.69, 9.17) is 20.0 Å². The third-order valence-electron chi connectivity index (χ3n) is 6.35. The molecule has 3 heterocycles. The summed E-state index contributed by atoms with van der Waals surface area (Å²) >= 11 is 0. The molecule has 0 fully saturated rings. The van der Waals surface area contributed by atoms with Crippen molar-refractivity contribution < 1.29 is 29.0 Å². The van der Waals surface area contributed by atoms with Gasteiger partial charge in [-0.1, -0.05) is 20.8 Å². The van der Waals surface area contributed by atoms with Gasteiger partial charge < -0.3 is 24.8 Å². The largest absolute Gasteiger partial charge is 0.491 e. The highest BCUT2D eigenvalue weighted by molar-refractivity contribution is 6.05. The number of benzene rings is 1. The lowest BCUT2D eigenvalue weighted by Crippen LogP contribution is -2.31. The van der Waals surface area contributed by atoms with E-state index >= 15 is 0 Å². The minimum atomic E-state index is -1.08. The number of aromatic carboxylic acids is 1. The molecule has 0 atom stereocenters. The van der Waals surface area contributed by atoms with Crippen molar-refractivity contribution >= 4 is 23.5 Å². The molecule has 3 N–H and O–H groups in total. The Morgan fingerprint density at radius 2 is 1.82 bits per heavy atom. The van der Waals surface area contributed by atoms with Crippen LogP contribution in [0.5, 0.6) is 17.4 Å². The smallest absolute Gasteiger partial charge is 0.337 e. The van der Waals surface area contributed by atoms with Crippen molar-refractivity contribution in [2.75, 3.05) is 20.2 Å². The number of Topliss-reactive ketones (excluding diaryl/α,β-unsaturated/α-hetero) is 1. The number of carbonyl (C=O) groups is 3. The highest BCUT2D eigenvalue weighted by atomic mass is 16.5. The van der Waals surface area contributed by atoms with Crippen LogP contribution in [-0.2, 0) is 12.0 Å². The van der Waals surface area contributed by atoms with Gasteiger partial charge in [0.2, 0.25) is 5.88 Å². The number of pyridine rings is 2. The van der Waals surface area contributed by atoms with Crippen molar-refractivity contribution in [3.05, 3.63) is 76.2 Å². The third kappa shape index (κ3) is 5.78. The maximum atomic E-state index is 13.4. The van der Waals surface area contributed by atoms with Crippen LogP contribution in [0.15, 0.2) is 42.6 Å². The minimum absolute atomic E-state index is 0.0492. The predicted octanol–water partition coefficient (Wildman–Crippen LogP) is 4.05. The van der Waals surface area contributed by atoms with Crippen molar-refractivity contribution in [2.24, 2.45) is 0 Å². The topological polar surface area (TPSA) is 155 Å². The number of amides is 1. The molecule has 0 spiro atoms. The fourth-order valence-electron chi connectivity index (χ4n) is 4.30. The third-order valence-corrected chi connectivity index (χ3v) is 6.35. The molecular formula is C29H31N5O6. The number of amidine groups is 1. The van der Waals surface area contributed by atoms with E-state index in [1.165, 1.54) is 25.4 Å². The molecule has 0 unspecified atom stereocenters. The Balaban J connectivity index is 1.56. The summed E-state index contributed by atoms with van der Waals surface area (Å²) in [5, 5.41) is 20.3. The molecule has 0 saturated carbocycles. The van der Waals surface area contributed by atoms with Gasteiger partial charge in [0.15, 0.2) is 17.2 Å². The quantitative estimate of drug-likeness (QED) is 0.338. The van der Waals surface area contributed by atoms with Crippen LogP contribution in [0.4, 0.5) is 0 Å². The van der Waals surface area contributed by atoms with Crippen LogP contribution in [0.2, 0.25) is 0 Å². The van der Waals surface area contributed by atoms with Gasteiger partial charge >= 0.3 is 5.97 Å². The van der Waals surface area contributed by atoms with Crippen molar-refractivity contribution in [2.45, 2.75) is 39.7 Å². The number of nitrogens with one attached hydrogen (secondary N) is 2. The average molecular weight is 546 g/mol. The van der Waals surface area contributed by atoms with Crippen LogP contribution in [0.25, 0.3) is 0 Å². The lowest BCUT2D eigenvalue weighted by molar-refractivity contribution is 0.0695. The first kappa shape index (κ1) is 28.2. The molecule has 1 aliphatic heterocycles. The van der Waals surface area contributed by atoms with Gasteiger partial charge in [-0.2, -0.15) is 0 Å². The van der Waals surface area contributed by atoms with Gasteiger partial charge in [-0.05, 0) is 42.7 Å². The standard InChI is InChI=1S/C29H31N5O6/c1-6-39-22-12-18-14-34(26(30)24(18)33-25(22)27(36)31-5)15-20(35)16-7-9-21(19(11-16)29(2,3)4)40-23-10-8-17(13-32-23)28(37)38/h7-13,30H,6,14-15H2,1-5H3,(H,31,36)(H,37,38). The highest BCUT2D eigenvalue weighted by Crippen LogP contribution is 2.35. The Hall–Kier alpha value is -4.80. The van der Waals surface area contributed by atoms with E-state index in [2.05, 4.69) is 15.3 Å². The van der Waals surface area contributed by atoms with Crippen molar-refractivity contribution in [1.82, 2.24) is 20.2 Å². The van der Waals surface area contributed by atoms with Crippen LogP contribution in [0, 0.1) is 5.41 Å². The summed E-state index contributed by atoms with van der Waals surface area (Å²) in [6.07, 6.45) is 1.22. The number of ether oxygens (including phenoxy) is 2. The number of hydrogen-bond acceptors (Lipinski definition) is 8. The number of carboxylic acids is 1. The molecule has 4 rings (SSSR count). The summed E-state index contributed by atoms with van der Waals surface area (Å²) < 4.78 is 11.6. The summed E-state index contributed by atoms with van der Waals surface area (Å²) in [4.78, 5) is 46.9. The number of aromatic nitrogens is 2. The number of carboxylic acid groups (broad SMARTS) is 1. The normalized spacial score (nSPS) is 12.6. The summed E-state index contributed by atoms with van der Waals surface area (Å²) in [5.74, 6) is -0.580. The van der Waals surface area contributed by atoms with Crippen LogP contribution >= 0.6 is 0 Å². The van der Waals surface area contributed by atoms with Gasteiger partial charge in [-0.15, -0.1) is 0 Å². The van der Waals surface area contributed by atoms with E-state index in [-0.39, 0.29) is 47.3 Å². The molecule has 0 radical (unpaired) electrons. The Bertz CT molecular complexity index is 1490. The van der Waals surface area contributed by atoms with Crippen molar-refractivity contribution in [1.29, 1.82) is 5.41 Å². The maximum Gasteiger partial charge on any atom is 0.337 e. The van der Waals surface area contributed by atoms with Crippen molar-refractivity contribution in [3.8, 4) is 17.4 Å². The summed E-state index contributed by atoms with van der Waals surface area (Å²) in [6, 6.07) is 9.70. The molecule has 3 aromatic rings. The second-order valence-corrected chi connectivity index (χ2v) is 10.2. The number of fused-ring (bicyclic) bond motifs is 1. The summed E-state index contributed by atoms with van der Waals surface area (Å²) in [6.45, 7) is 8.35. The van der Waals surface area contributed by atoms with Gasteiger partial charge in [-0.25, -0.2) is 14.8 Å². The second kappa shape index (κ2) is 11.1. The number of nitrogens with zero attached hydrogens (tertiary/aromatic N) is 3. The first-order valence-electron chi connectivity index (χ1n) is 12.7. The molecule has 0 aliphatic carbocycles. The predicted molar refractivity (Wildman–Crippen MR) is 147 cm³/mol. The van der Waals surface area contributed by atoms with Gasteiger partial charge in [-0.3, -0.25) is 15.0 Å². The van der Waals surface area contributed by atoms with E-state index in [1.54, 1.807) is 29.2 Å². The molecule has 1 aromatic carbocycles. The summed E-state index contributed by atoms with van der Waals surface area (Å²) in [5.41, 5.74) is 2.01. The van der Waals surface area contributed by atoms with Gasteiger partial charge in [0.05, 0.1) is 18.7 Å². The van der Waals surface area contributed by atoms with Crippen molar-refractivity contribution in [3.63, 3.8) is 0 Å². The van der Waals surface area contributed by atoms with E-state index in [0.717, 1.165) is 5.56 Å². The SMILES string of the molecule is CCOc1cc2c(nc1C(=O)NC)C(=N)N(CC(=O)c1ccc(Oc3ccc(C(=O)O)cn3)c(C(C)(C)C)c1)C2. The first-order valence-corrected chi connectivity index (χ1v) is 12.7. The molecule has 0 bridgehead atoms. The Labute approximate surface area is 231 Å². The minimum Gasteiger partial charge on any atom is -0.491 e. The van der Waals surface area contributed by atoms with Crippen LogP contribution in [0.3, 0.4) is 0 Å². The molecule has 11 heteroatoms. The number of rotatable bonds is 9. The molecule has 2 aromatic heterocycles. The van der Waals surface area contributed by atoms with Crippen LogP contribution in [0.1, 0.15) is 75.7 Å². The summed E-state index contributed by atoms with van der Waals surface area (Å²) in [7, 11) is 1.50. The Kier molecular flexibility index (Phi) is 7.85. The molecule has 11 nitrogen and oxygen atoms in total. The van der Waals surface area contributed by atoms with Gasteiger partial charge in [0.1, 0.15) is 17.3 Å². The van der Waals surface area contributed by atoms with E-state index in [0.29, 0.717) is 34.9 Å². The number of ketones is 1. The molecule has 208 valence electrons. The van der Waals surface area contributed by atoms with Crippen LogP contribution < -0.4 is 14.8 Å². The monoisotopic (exact) mass is 545 g/mol. The molecule has 40 heavy (non-hydrogen) atoms. The highest BCUT2D eigenvalue weighted by Gasteiger charge is 2.31. The average Bonchev–Trinajstić information content (AvgIpc) is 3.21. The van der Waals surface area contributed by atoms with E-state index in [9.17, 15) is 14.4 Å². The lowest BCUT2D eigenvalue weighted by Gasteiger charge is -2.24. The Morgan fingerprint density at radius 3 is 2.42 bits per heavy atom. The number of carbonyl (C=O) groups excluding carboxylic acids is 2. The molecule has 1 amide bonds. The van der Waals surface area contributed by atoms with Gasteiger partial charge in [0, 0.05) is 42.5 Å². The molecular weight excluding hydrogens is 514 g/mol. The lowest BCUT2D eigenvalue weighted by atomic mass is 9.85. The fourth-order valence-corrected chi connectivity index (χ4v) is 4.30. The molecule has 1 aliphatic rings. The molecule has 0 saturated heterocycles. The Morgan fingerprint density at radius 1 is 1.10 bits per heavy atom.